The van der Waals surface area contributed by atoms with Crippen molar-refractivity contribution in [3.05, 3.63) is 45.3 Å². The quantitative estimate of drug-likeness (QED) is 0.377. The fourth-order valence-electron chi connectivity index (χ4n) is 3.25. The van der Waals surface area contributed by atoms with Gasteiger partial charge in [-0.3, -0.25) is 14.9 Å². The van der Waals surface area contributed by atoms with Crippen molar-refractivity contribution in [3.8, 4) is 0 Å². The van der Waals surface area contributed by atoms with Crippen LogP contribution in [0.2, 0.25) is 0 Å². The highest BCUT2D eigenvalue weighted by atomic mass is 32.2. The molecule has 168 valence electrons. The van der Waals surface area contributed by atoms with Gasteiger partial charge in [-0.2, -0.15) is 13.2 Å². The minimum absolute atomic E-state index is 0.0647. The van der Waals surface area contributed by atoms with Crippen LogP contribution in [0.15, 0.2) is 23.4 Å². The van der Waals surface area contributed by atoms with Gasteiger partial charge in [-0.25, -0.2) is 4.98 Å². The number of hydrogen-bond donors (Lipinski definition) is 1. The maximum absolute atomic E-state index is 13.3. The van der Waals surface area contributed by atoms with Crippen LogP contribution in [0, 0.1) is 24.0 Å². The molecule has 0 aliphatic carbocycles. The Morgan fingerprint density at radius 1 is 1.42 bits per heavy atom. The van der Waals surface area contributed by atoms with E-state index >= 15 is 0 Å². The van der Waals surface area contributed by atoms with Crippen molar-refractivity contribution in [1.82, 2.24) is 9.55 Å². The topological polar surface area (TPSA) is 99.3 Å². The summed E-state index contributed by atoms with van der Waals surface area (Å²) in [6.07, 6.45) is -2.87. The Kier molecular flexibility index (Phi) is 6.90. The summed E-state index contributed by atoms with van der Waals surface area (Å²) in [7, 11) is 0. The van der Waals surface area contributed by atoms with Gasteiger partial charge in [-0.1, -0.05) is 11.8 Å². The highest BCUT2D eigenvalue weighted by Gasteiger charge is 2.35. The lowest BCUT2D eigenvalue weighted by atomic mass is 10.1. The fraction of sp³-hybridized carbons (Fsp3) is 0.474. The van der Waals surface area contributed by atoms with E-state index in [9.17, 15) is 28.1 Å². The molecule has 8 nitrogen and oxygen atoms in total. The molecular weight excluding hydrogens is 437 g/mol. The average Bonchev–Trinajstić information content (AvgIpc) is 3.29. The van der Waals surface area contributed by atoms with Crippen molar-refractivity contribution in [2.24, 2.45) is 0 Å². The molecule has 1 amide bonds. The summed E-state index contributed by atoms with van der Waals surface area (Å²) in [5.74, 6) is -0.846. The fourth-order valence-corrected chi connectivity index (χ4v) is 4.15. The number of hydrogen-bond acceptors (Lipinski definition) is 6. The molecule has 1 saturated heterocycles. The van der Waals surface area contributed by atoms with Crippen LogP contribution in [0.1, 0.15) is 29.8 Å². The van der Waals surface area contributed by atoms with Crippen molar-refractivity contribution in [3.63, 3.8) is 0 Å². The number of halogens is 3. The number of nitro benzene ring substituents is 1. The number of ether oxygens (including phenoxy) is 1. The Balaban J connectivity index is 1.71. The van der Waals surface area contributed by atoms with E-state index in [1.807, 2.05) is 18.4 Å². The number of aryl methyl sites for hydroxylation is 1. The lowest BCUT2D eigenvalue weighted by molar-refractivity contribution is -0.385. The van der Waals surface area contributed by atoms with Crippen molar-refractivity contribution in [2.45, 2.75) is 50.7 Å². The highest BCUT2D eigenvalue weighted by Crippen LogP contribution is 2.37. The zero-order valence-corrected chi connectivity index (χ0v) is 17.7. The zero-order valence-electron chi connectivity index (χ0n) is 16.9. The Labute approximate surface area is 180 Å². The molecule has 12 heteroatoms. The highest BCUT2D eigenvalue weighted by molar-refractivity contribution is 7.99. The maximum Gasteiger partial charge on any atom is 0.418 e. The summed E-state index contributed by atoms with van der Waals surface area (Å²) < 4.78 is 47.5. The standard InChI is InChI=1S/C19H21F3N4O4S/c1-11-12(2)25(9-14-4-3-7-30-14)18(23-11)31-10-17(27)24-16-6-5-13(26(28)29)8-15(16)19(20,21)22/h5-6,8,14H,3-4,7,9-10H2,1-2H3,(H,24,27). The molecule has 1 aliphatic heterocycles. The summed E-state index contributed by atoms with van der Waals surface area (Å²) in [5.41, 5.74) is -0.768. The predicted octanol–water partition coefficient (Wildman–Crippen LogP) is 4.34. The van der Waals surface area contributed by atoms with E-state index in [4.69, 9.17) is 4.74 Å². The number of non-ortho nitro benzene ring substituents is 1. The number of nitrogens with one attached hydrogen (secondary N) is 1. The van der Waals surface area contributed by atoms with Crippen LogP contribution >= 0.6 is 11.8 Å². The summed E-state index contributed by atoms with van der Waals surface area (Å²) in [6.45, 7) is 5.06. The van der Waals surface area contributed by atoms with E-state index in [-0.39, 0.29) is 11.9 Å². The molecule has 1 aromatic carbocycles. The van der Waals surface area contributed by atoms with E-state index in [0.717, 1.165) is 48.1 Å². The maximum atomic E-state index is 13.3. The van der Waals surface area contributed by atoms with Crippen LogP contribution in [0.25, 0.3) is 0 Å². The lowest BCUT2D eigenvalue weighted by Gasteiger charge is -2.15. The van der Waals surface area contributed by atoms with Crippen LogP contribution in [0.5, 0.6) is 0 Å². The van der Waals surface area contributed by atoms with Crippen molar-refractivity contribution in [2.75, 3.05) is 17.7 Å². The van der Waals surface area contributed by atoms with Gasteiger partial charge in [-0.05, 0) is 32.8 Å². The van der Waals surface area contributed by atoms with Gasteiger partial charge in [0.1, 0.15) is 0 Å². The third kappa shape index (κ3) is 5.56. The molecule has 1 unspecified atom stereocenters. The molecule has 0 saturated carbocycles. The molecule has 1 aromatic heterocycles. The van der Waals surface area contributed by atoms with Crippen molar-refractivity contribution >= 4 is 29.0 Å². The van der Waals surface area contributed by atoms with Gasteiger partial charge in [0.25, 0.3) is 5.69 Å². The second-order valence-electron chi connectivity index (χ2n) is 7.13. The average molecular weight is 458 g/mol. The molecule has 2 aromatic rings. The number of carbonyl (C=O) groups excluding carboxylic acids is 1. The van der Waals surface area contributed by atoms with Crippen LogP contribution in [-0.2, 0) is 22.3 Å². The number of alkyl halides is 3. The zero-order chi connectivity index (χ0) is 22.8. The lowest BCUT2D eigenvalue weighted by Crippen LogP contribution is -2.19. The van der Waals surface area contributed by atoms with Crippen LogP contribution in [0.3, 0.4) is 0 Å². The number of anilines is 1. The molecule has 31 heavy (non-hydrogen) atoms. The second-order valence-corrected chi connectivity index (χ2v) is 8.07. The predicted molar refractivity (Wildman–Crippen MR) is 108 cm³/mol. The number of imidazole rings is 1. The van der Waals surface area contributed by atoms with E-state index in [2.05, 4.69) is 10.3 Å². The van der Waals surface area contributed by atoms with E-state index < -0.39 is 33.9 Å². The molecule has 1 fully saturated rings. The smallest absolute Gasteiger partial charge is 0.376 e. The first kappa shape index (κ1) is 23.1. The third-order valence-electron chi connectivity index (χ3n) is 4.96. The molecule has 0 radical (unpaired) electrons. The number of nitrogens with zero attached hydrogens (tertiary/aromatic N) is 3. The first-order valence-corrected chi connectivity index (χ1v) is 10.5. The van der Waals surface area contributed by atoms with Gasteiger partial charge < -0.3 is 14.6 Å². The van der Waals surface area contributed by atoms with Gasteiger partial charge in [0, 0.05) is 24.4 Å². The molecule has 1 atom stereocenters. The first-order chi connectivity index (χ1) is 14.6. The summed E-state index contributed by atoms with van der Waals surface area (Å²) in [6, 6.07) is 2.21. The van der Waals surface area contributed by atoms with Crippen LogP contribution < -0.4 is 5.32 Å². The van der Waals surface area contributed by atoms with Gasteiger partial charge >= 0.3 is 6.18 Å². The Morgan fingerprint density at radius 3 is 2.77 bits per heavy atom. The Morgan fingerprint density at radius 2 is 2.16 bits per heavy atom. The number of thioether (sulfide) groups is 1. The van der Waals surface area contributed by atoms with Crippen molar-refractivity contribution < 1.29 is 27.6 Å². The molecule has 0 bridgehead atoms. The number of amides is 1. The van der Waals surface area contributed by atoms with Crippen molar-refractivity contribution in [1.29, 1.82) is 0 Å². The number of aromatic nitrogens is 2. The molecule has 1 N–H and O–H groups in total. The third-order valence-corrected chi connectivity index (χ3v) is 5.94. The van der Waals surface area contributed by atoms with Gasteiger partial charge in [0.15, 0.2) is 5.16 Å². The van der Waals surface area contributed by atoms with Crippen LogP contribution in [0.4, 0.5) is 24.5 Å². The number of nitro groups is 1. The normalized spacial score (nSPS) is 16.5. The minimum atomic E-state index is -4.85. The van der Waals surface area contributed by atoms with Gasteiger partial charge in [0.2, 0.25) is 5.91 Å². The largest absolute Gasteiger partial charge is 0.418 e. The number of carbonyl (C=O) groups is 1. The SMILES string of the molecule is Cc1nc(SCC(=O)Nc2ccc([N+](=O)[O-])cc2C(F)(F)F)n(CC2CCCO2)c1C. The van der Waals surface area contributed by atoms with Gasteiger partial charge in [0.05, 0.1) is 40.3 Å². The Hall–Kier alpha value is -2.60. The first-order valence-electron chi connectivity index (χ1n) is 9.50. The monoisotopic (exact) mass is 458 g/mol. The summed E-state index contributed by atoms with van der Waals surface area (Å²) in [5, 5.41) is 13.6. The molecule has 2 heterocycles. The number of rotatable bonds is 7. The molecule has 1 aliphatic rings. The minimum Gasteiger partial charge on any atom is -0.376 e. The number of benzene rings is 1. The molecule has 0 spiro atoms. The Bertz CT molecular complexity index is 987. The molecule has 3 rings (SSSR count). The van der Waals surface area contributed by atoms with E-state index in [1.54, 1.807) is 0 Å². The second kappa shape index (κ2) is 9.27. The summed E-state index contributed by atoms with van der Waals surface area (Å²) in [4.78, 5) is 26.7. The van der Waals surface area contributed by atoms with E-state index in [1.165, 1.54) is 0 Å². The van der Waals surface area contributed by atoms with E-state index in [0.29, 0.717) is 24.4 Å². The molecular formula is C19H21F3N4O4S. The van der Waals surface area contributed by atoms with Gasteiger partial charge in [-0.15, -0.1) is 0 Å². The summed E-state index contributed by atoms with van der Waals surface area (Å²) >= 11 is 1.11. The van der Waals surface area contributed by atoms with Crippen LogP contribution in [-0.4, -0.2) is 38.8 Å².